The molecular formula is C21H18N4O9S2. The lowest BCUT2D eigenvalue weighted by atomic mass is 10.1. The molecule has 2 atom stereocenters. The number of hydrogen-bond donors (Lipinski definition) is 4. The predicted octanol–water partition coefficient (Wildman–Crippen LogP) is 2.39. The number of carboxylic acid groups (broad SMARTS) is 2. The van der Waals surface area contributed by atoms with Crippen LogP contribution in [0.15, 0.2) is 53.1 Å². The maximum absolute atomic E-state index is 12.3. The molecule has 0 fully saturated rings. The summed E-state index contributed by atoms with van der Waals surface area (Å²) < 4.78 is 0. The molecule has 0 aliphatic carbocycles. The number of nitro groups is 2. The Morgan fingerprint density at radius 3 is 2.50 bits per heavy atom. The summed E-state index contributed by atoms with van der Waals surface area (Å²) in [4.78, 5) is 57.4. The van der Waals surface area contributed by atoms with Crippen molar-refractivity contribution in [2.24, 2.45) is 0 Å². The number of rotatable bonds is 10. The van der Waals surface area contributed by atoms with E-state index in [1.54, 1.807) is 17.5 Å². The van der Waals surface area contributed by atoms with Crippen LogP contribution >= 0.6 is 23.1 Å². The first-order valence-corrected chi connectivity index (χ1v) is 12.0. The molecule has 0 radical (unpaired) electrons. The molecular weight excluding hydrogens is 516 g/mol. The molecule has 188 valence electrons. The number of non-ortho nitro benzene ring substituents is 1. The number of carboxylic acids is 2. The van der Waals surface area contributed by atoms with E-state index in [9.17, 15) is 44.8 Å². The average Bonchev–Trinajstić information content (AvgIpc) is 3.33. The molecule has 0 saturated carbocycles. The summed E-state index contributed by atoms with van der Waals surface area (Å²) in [6.45, 7) is 0. The van der Waals surface area contributed by atoms with Crippen molar-refractivity contribution in [3.63, 3.8) is 0 Å². The van der Waals surface area contributed by atoms with E-state index in [2.05, 4.69) is 10.6 Å². The van der Waals surface area contributed by atoms with E-state index >= 15 is 0 Å². The number of thiophene rings is 1. The van der Waals surface area contributed by atoms with Crippen LogP contribution in [-0.2, 0) is 20.8 Å². The van der Waals surface area contributed by atoms with E-state index in [0.29, 0.717) is 0 Å². The minimum absolute atomic E-state index is 0.0132. The summed E-state index contributed by atoms with van der Waals surface area (Å²) in [5.41, 5.74) is -1.13. The van der Waals surface area contributed by atoms with Gasteiger partial charge in [0.15, 0.2) is 6.04 Å². The van der Waals surface area contributed by atoms with Crippen LogP contribution in [0.3, 0.4) is 0 Å². The Balaban J connectivity index is 1.82. The summed E-state index contributed by atoms with van der Waals surface area (Å²) in [5.74, 6) is -3.28. The third-order valence-corrected chi connectivity index (χ3v) is 7.03. The Kier molecular flexibility index (Phi) is 8.39. The number of nitrogens with zero attached hydrogens (tertiary/aromatic N) is 2. The monoisotopic (exact) mass is 534 g/mol. The first kappa shape index (κ1) is 26.4. The Bertz CT molecular complexity index is 1270. The Morgan fingerprint density at radius 1 is 1.17 bits per heavy atom. The molecule has 4 N–H and O–H groups in total. The minimum atomic E-state index is -1.43. The van der Waals surface area contributed by atoms with Gasteiger partial charge < -0.3 is 20.8 Å². The number of amides is 1. The molecule has 1 amide bonds. The second kappa shape index (κ2) is 11.5. The fourth-order valence-corrected chi connectivity index (χ4v) is 5.12. The fourth-order valence-electron chi connectivity index (χ4n) is 3.24. The van der Waals surface area contributed by atoms with Crippen LogP contribution in [0.4, 0.5) is 11.4 Å². The average molecular weight is 535 g/mol. The SMILES string of the molecule is O=C(Cc1cccs1)N[C@H](C(=O)O)[C@@H]1NC(C(=O)O)=C(/C=C/c2ccc([N+](=O)[O-])cc2[N+](=O)[O-])CS1. The lowest BCUT2D eigenvalue weighted by Gasteiger charge is -2.30. The van der Waals surface area contributed by atoms with Gasteiger partial charge in [0.25, 0.3) is 11.4 Å². The van der Waals surface area contributed by atoms with Crippen LogP contribution in [0.5, 0.6) is 0 Å². The van der Waals surface area contributed by atoms with Gasteiger partial charge in [0.1, 0.15) is 11.1 Å². The first-order chi connectivity index (χ1) is 17.1. The highest BCUT2D eigenvalue weighted by Crippen LogP contribution is 2.29. The van der Waals surface area contributed by atoms with E-state index in [4.69, 9.17) is 0 Å². The van der Waals surface area contributed by atoms with Crippen LogP contribution in [0.25, 0.3) is 6.08 Å². The van der Waals surface area contributed by atoms with Crippen molar-refractivity contribution in [1.82, 2.24) is 10.6 Å². The highest BCUT2D eigenvalue weighted by atomic mass is 32.2. The van der Waals surface area contributed by atoms with E-state index in [1.807, 2.05) is 0 Å². The highest BCUT2D eigenvalue weighted by Gasteiger charge is 2.35. The van der Waals surface area contributed by atoms with Gasteiger partial charge in [-0.2, -0.15) is 0 Å². The number of aliphatic carboxylic acids is 2. The first-order valence-electron chi connectivity index (χ1n) is 10.1. The maximum atomic E-state index is 12.3. The van der Waals surface area contributed by atoms with Crippen LogP contribution in [-0.4, -0.2) is 55.1 Å². The number of nitrogens with one attached hydrogen (secondary N) is 2. The van der Waals surface area contributed by atoms with Crippen molar-refractivity contribution in [3.8, 4) is 0 Å². The molecule has 1 aliphatic rings. The van der Waals surface area contributed by atoms with Gasteiger partial charge in [-0.25, -0.2) is 9.59 Å². The zero-order valence-corrected chi connectivity index (χ0v) is 19.8. The van der Waals surface area contributed by atoms with Gasteiger partial charge in [-0.3, -0.25) is 25.0 Å². The van der Waals surface area contributed by atoms with Gasteiger partial charge >= 0.3 is 11.9 Å². The topological polar surface area (TPSA) is 202 Å². The van der Waals surface area contributed by atoms with Gasteiger partial charge in [0.05, 0.1) is 27.9 Å². The third kappa shape index (κ3) is 6.45. The highest BCUT2D eigenvalue weighted by molar-refractivity contribution is 8.00. The molecule has 0 bridgehead atoms. The van der Waals surface area contributed by atoms with Gasteiger partial charge in [-0.15, -0.1) is 23.1 Å². The lowest BCUT2D eigenvalue weighted by molar-refractivity contribution is -0.394. The summed E-state index contributed by atoms with van der Waals surface area (Å²) in [6.07, 6.45) is 2.53. The summed E-state index contributed by atoms with van der Waals surface area (Å²) in [7, 11) is 0. The van der Waals surface area contributed by atoms with E-state index in [0.717, 1.165) is 28.8 Å². The number of benzene rings is 1. The fraction of sp³-hybridized carbons (Fsp3) is 0.190. The van der Waals surface area contributed by atoms with Crippen molar-refractivity contribution >= 4 is 58.4 Å². The second-order valence-electron chi connectivity index (χ2n) is 7.31. The van der Waals surface area contributed by atoms with Gasteiger partial charge in [-0.1, -0.05) is 12.1 Å². The third-order valence-electron chi connectivity index (χ3n) is 4.93. The van der Waals surface area contributed by atoms with Crippen molar-refractivity contribution < 1.29 is 34.4 Å². The van der Waals surface area contributed by atoms with Crippen molar-refractivity contribution in [1.29, 1.82) is 0 Å². The zero-order chi connectivity index (χ0) is 26.4. The maximum Gasteiger partial charge on any atom is 0.352 e. The summed E-state index contributed by atoms with van der Waals surface area (Å²) >= 11 is 2.37. The standard InChI is InChI=1S/C21H18N4O9S2/c26-16(9-14-2-1-7-35-14)22-18(21(29)30)19-23-17(20(27)28)12(10-36-19)4-3-11-5-6-13(24(31)32)8-15(11)25(33)34/h1-8,18-19,23H,9-10H2,(H,22,26)(H,27,28)(H,29,30)/b4-3+/t18-,19+/m0/s1. The lowest BCUT2D eigenvalue weighted by Crippen LogP contribution is -2.54. The Labute approximate surface area is 210 Å². The smallest absolute Gasteiger partial charge is 0.352 e. The second-order valence-corrected chi connectivity index (χ2v) is 9.47. The molecule has 0 spiro atoms. The van der Waals surface area contributed by atoms with Crippen LogP contribution in [0.1, 0.15) is 10.4 Å². The Hall–Kier alpha value is -4.24. The molecule has 0 saturated heterocycles. The molecule has 3 rings (SSSR count). The number of nitro benzene ring substituents is 2. The zero-order valence-electron chi connectivity index (χ0n) is 18.2. The number of carbonyl (C=O) groups is 3. The molecule has 1 aromatic heterocycles. The molecule has 1 aliphatic heterocycles. The van der Waals surface area contributed by atoms with E-state index in [1.165, 1.54) is 29.6 Å². The van der Waals surface area contributed by atoms with Crippen LogP contribution < -0.4 is 10.6 Å². The van der Waals surface area contributed by atoms with E-state index in [-0.39, 0.29) is 29.0 Å². The van der Waals surface area contributed by atoms with Crippen molar-refractivity contribution in [3.05, 3.63) is 83.7 Å². The Morgan fingerprint density at radius 2 is 1.92 bits per heavy atom. The minimum Gasteiger partial charge on any atom is -0.480 e. The van der Waals surface area contributed by atoms with Gasteiger partial charge in [0.2, 0.25) is 5.91 Å². The normalized spacial score (nSPS) is 16.3. The summed E-state index contributed by atoms with van der Waals surface area (Å²) in [5, 5.41) is 47.3. The number of allylic oxidation sites excluding steroid dienone is 1. The molecule has 15 heteroatoms. The molecule has 1 aromatic carbocycles. The number of hydrogen-bond acceptors (Lipinski definition) is 10. The summed E-state index contributed by atoms with van der Waals surface area (Å²) in [6, 6.07) is 5.10. The largest absolute Gasteiger partial charge is 0.480 e. The number of carbonyl (C=O) groups excluding carboxylic acids is 1. The van der Waals surface area contributed by atoms with Crippen molar-refractivity contribution in [2.75, 3.05) is 5.75 Å². The molecule has 2 heterocycles. The quantitative estimate of drug-likeness (QED) is 0.257. The molecule has 2 aromatic rings. The van der Waals surface area contributed by atoms with Gasteiger partial charge in [-0.05, 0) is 29.2 Å². The van der Waals surface area contributed by atoms with Crippen molar-refractivity contribution in [2.45, 2.75) is 17.8 Å². The van der Waals surface area contributed by atoms with E-state index < -0.39 is 50.5 Å². The predicted molar refractivity (Wildman–Crippen MR) is 130 cm³/mol. The van der Waals surface area contributed by atoms with Crippen LogP contribution in [0, 0.1) is 20.2 Å². The number of thioether (sulfide) groups is 1. The van der Waals surface area contributed by atoms with Crippen LogP contribution in [0.2, 0.25) is 0 Å². The molecule has 0 unspecified atom stereocenters. The molecule has 36 heavy (non-hydrogen) atoms. The van der Waals surface area contributed by atoms with Gasteiger partial charge in [0, 0.05) is 16.7 Å². The molecule has 13 nitrogen and oxygen atoms in total.